The first-order chi connectivity index (χ1) is 14.0. The van der Waals surface area contributed by atoms with Crippen LogP contribution in [0.3, 0.4) is 0 Å². The van der Waals surface area contributed by atoms with Crippen LogP contribution < -0.4 is 9.62 Å². The van der Waals surface area contributed by atoms with Crippen LogP contribution in [0.5, 0.6) is 0 Å². The van der Waals surface area contributed by atoms with Gasteiger partial charge in [0, 0.05) is 12.1 Å². The van der Waals surface area contributed by atoms with Crippen molar-refractivity contribution in [2.45, 2.75) is 39.3 Å². The number of carbonyl (C=O) groups is 1. The standard InChI is InChI=1S/C20H24FN3O5S/c1-5-18(20(25)22-14(3)15-7-9-16(21)10-8-15)23(30(4,28)29)19-12-17(24(26)27)11-6-13(19)2/h6-12,14,18H,5H2,1-4H3,(H,22,25)/t14-,18+/m1/s1. The number of benzene rings is 2. The van der Waals surface area contributed by atoms with Crippen molar-refractivity contribution < 1.29 is 22.5 Å². The summed E-state index contributed by atoms with van der Waals surface area (Å²) in [5.74, 6) is -0.973. The van der Waals surface area contributed by atoms with Crippen molar-refractivity contribution in [3.8, 4) is 0 Å². The minimum Gasteiger partial charge on any atom is -0.348 e. The Morgan fingerprint density at radius 3 is 2.33 bits per heavy atom. The first-order valence-electron chi connectivity index (χ1n) is 9.26. The average molecular weight is 437 g/mol. The second-order valence-corrected chi connectivity index (χ2v) is 8.85. The molecule has 1 amide bonds. The molecule has 0 unspecified atom stereocenters. The van der Waals surface area contributed by atoms with E-state index in [-0.39, 0.29) is 17.8 Å². The van der Waals surface area contributed by atoms with Gasteiger partial charge in [-0.15, -0.1) is 0 Å². The number of nitrogens with one attached hydrogen (secondary N) is 1. The molecule has 2 atom stereocenters. The molecule has 0 heterocycles. The van der Waals surface area contributed by atoms with Crippen molar-refractivity contribution in [2.75, 3.05) is 10.6 Å². The van der Waals surface area contributed by atoms with Gasteiger partial charge < -0.3 is 5.32 Å². The quantitative estimate of drug-likeness (QED) is 0.502. The molecule has 0 bridgehead atoms. The van der Waals surface area contributed by atoms with Crippen LogP contribution >= 0.6 is 0 Å². The van der Waals surface area contributed by atoms with Gasteiger partial charge in [-0.1, -0.05) is 25.1 Å². The van der Waals surface area contributed by atoms with Crippen LogP contribution in [0, 0.1) is 22.9 Å². The first-order valence-corrected chi connectivity index (χ1v) is 11.1. The molecule has 1 N–H and O–H groups in total. The highest BCUT2D eigenvalue weighted by Crippen LogP contribution is 2.30. The Labute approximate surface area is 174 Å². The van der Waals surface area contributed by atoms with Gasteiger partial charge in [0.25, 0.3) is 5.69 Å². The van der Waals surface area contributed by atoms with Crippen LogP contribution in [0.25, 0.3) is 0 Å². The fourth-order valence-corrected chi connectivity index (χ4v) is 4.39. The Morgan fingerprint density at radius 1 is 1.23 bits per heavy atom. The maximum Gasteiger partial charge on any atom is 0.271 e. The molecule has 2 aromatic rings. The van der Waals surface area contributed by atoms with E-state index in [0.29, 0.717) is 11.1 Å². The summed E-state index contributed by atoms with van der Waals surface area (Å²) in [6.45, 7) is 4.96. The molecule has 0 fully saturated rings. The Hall–Kier alpha value is -3.01. The molecule has 0 aliphatic carbocycles. The number of halogens is 1. The van der Waals surface area contributed by atoms with E-state index in [1.54, 1.807) is 20.8 Å². The van der Waals surface area contributed by atoms with E-state index < -0.39 is 38.8 Å². The highest BCUT2D eigenvalue weighted by molar-refractivity contribution is 7.92. The van der Waals surface area contributed by atoms with Crippen molar-refractivity contribution in [1.82, 2.24) is 5.32 Å². The topological polar surface area (TPSA) is 110 Å². The molecular formula is C20H24FN3O5S. The fourth-order valence-electron chi connectivity index (χ4n) is 3.13. The third kappa shape index (κ3) is 5.32. The zero-order valence-corrected chi connectivity index (χ0v) is 17.9. The largest absolute Gasteiger partial charge is 0.348 e. The Balaban J connectivity index is 2.42. The smallest absolute Gasteiger partial charge is 0.271 e. The van der Waals surface area contributed by atoms with Gasteiger partial charge in [0.05, 0.1) is 22.9 Å². The fraction of sp³-hybridized carbons (Fsp3) is 0.350. The van der Waals surface area contributed by atoms with E-state index in [4.69, 9.17) is 0 Å². The van der Waals surface area contributed by atoms with E-state index in [2.05, 4.69) is 5.32 Å². The number of nitro benzene ring substituents is 1. The lowest BCUT2D eigenvalue weighted by Gasteiger charge is -2.32. The van der Waals surface area contributed by atoms with Crippen molar-refractivity contribution in [2.24, 2.45) is 0 Å². The molecule has 0 saturated carbocycles. The van der Waals surface area contributed by atoms with E-state index in [1.807, 2.05) is 0 Å². The normalized spacial score (nSPS) is 13.4. The van der Waals surface area contributed by atoms with Crippen LogP contribution in [-0.4, -0.2) is 31.5 Å². The molecule has 0 aromatic heterocycles. The van der Waals surface area contributed by atoms with Crippen LogP contribution in [0.2, 0.25) is 0 Å². The molecule has 162 valence electrons. The van der Waals surface area contributed by atoms with Gasteiger partial charge in [0.1, 0.15) is 11.9 Å². The van der Waals surface area contributed by atoms with Gasteiger partial charge in [0.15, 0.2) is 0 Å². The lowest BCUT2D eigenvalue weighted by atomic mass is 10.1. The zero-order valence-electron chi connectivity index (χ0n) is 17.1. The number of nitro groups is 1. The summed E-state index contributed by atoms with van der Waals surface area (Å²) in [6, 6.07) is 7.84. The number of anilines is 1. The minimum absolute atomic E-state index is 0.0723. The van der Waals surface area contributed by atoms with E-state index >= 15 is 0 Å². The van der Waals surface area contributed by atoms with Crippen molar-refractivity contribution in [3.05, 3.63) is 69.5 Å². The molecule has 2 aromatic carbocycles. The molecule has 0 saturated heterocycles. The number of amides is 1. The van der Waals surface area contributed by atoms with Crippen LogP contribution in [0.15, 0.2) is 42.5 Å². The zero-order chi connectivity index (χ0) is 22.6. The summed E-state index contributed by atoms with van der Waals surface area (Å²) >= 11 is 0. The second-order valence-electron chi connectivity index (χ2n) is 6.99. The predicted octanol–water partition coefficient (Wildman–Crippen LogP) is 3.46. The lowest BCUT2D eigenvalue weighted by Crippen LogP contribution is -2.50. The molecular weight excluding hydrogens is 413 g/mol. The summed E-state index contributed by atoms with van der Waals surface area (Å²) in [4.78, 5) is 23.5. The van der Waals surface area contributed by atoms with Gasteiger partial charge in [-0.2, -0.15) is 0 Å². The maximum atomic E-state index is 13.1. The molecule has 8 nitrogen and oxygen atoms in total. The molecule has 10 heteroatoms. The van der Waals surface area contributed by atoms with Crippen LogP contribution in [0.4, 0.5) is 15.8 Å². The number of hydrogen-bond donors (Lipinski definition) is 1. The number of sulfonamides is 1. The SMILES string of the molecule is CC[C@@H](C(=O)N[C@H](C)c1ccc(F)cc1)N(c1cc([N+](=O)[O-])ccc1C)S(C)(=O)=O. The first kappa shape index (κ1) is 23.3. The monoisotopic (exact) mass is 437 g/mol. The Kier molecular flexibility index (Phi) is 7.14. The lowest BCUT2D eigenvalue weighted by molar-refractivity contribution is -0.384. The van der Waals surface area contributed by atoms with Crippen LogP contribution in [0.1, 0.15) is 37.4 Å². The predicted molar refractivity (Wildman–Crippen MR) is 112 cm³/mol. The number of nitrogens with zero attached hydrogens (tertiary/aromatic N) is 2. The van der Waals surface area contributed by atoms with Crippen molar-refractivity contribution in [3.63, 3.8) is 0 Å². The molecule has 0 radical (unpaired) electrons. The second kappa shape index (κ2) is 9.21. The van der Waals surface area contributed by atoms with Gasteiger partial charge in [0.2, 0.25) is 15.9 Å². The molecule has 30 heavy (non-hydrogen) atoms. The molecule has 0 spiro atoms. The number of hydrogen-bond acceptors (Lipinski definition) is 5. The number of non-ortho nitro benzene ring substituents is 1. The highest BCUT2D eigenvalue weighted by atomic mass is 32.2. The number of aryl methyl sites for hydroxylation is 1. The van der Waals surface area contributed by atoms with Gasteiger partial charge in [-0.25, -0.2) is 12.8 Å². The van der Waals surface area contributed by atoms with E-state index in [0.717, 1.165) is 16.6 Å². The summed E-state index contributed by atoms with van der Waals surface area (Å²) in [7, 11) is -3.94. The third-order valence-corrected chi connectivity index (χ3v) is 5.87. The highest BCUT2D eigenvalue weighted by Gasteiger charge is 2.33. The van der Waals surface area contributed by atoms with E-state index in [9.17, 15) is 27.7 Å². The maximum absolute atomic E-state index is 13.1. The van der Waals surface area contributed by atoms with Gasteiger partial charge >= 0.3 is 0 Å². The summed E-state index contributed by atoms with van der Waals surface area (Å²) < 4.78 is 39.3. The summed E-state index contributed by atoms with van der Waals surface area (Å²) in [5.41, 5.74) is 0.920. The number of rotatable bonds is 8. The minimum atomic E-state index is -3.94. The van der Waals surface area contributed by atoms with Gasteiger partial charge in [-0.05, 0) is 43.5 Å². The molecule has 2 rings (SSSR count). The molecule has 0 aliphatic rings. The molecule has 0 aliphatic heterocycles. The number of carbonyl (C=O) groups excluding carboxylic acids is 1. The van der Waals surface area contributed by atoms with Gasteiger partial charge in [-0.3, -0.25) is 19.2 Å². The van der Waals surface area contributed by atoms with E-state index in [1.165, 1.54) is 36.4 Å². The summed E-state index contributed by atoms with van der Waals surface area (Å²) in [6.07, 6.45) is 1.09. The van der Waals surface area contributed by atoms with Crippen LogP contribution in [-0.2, 0) is 14.8 Å². The third-order valence-electron chi connectivity index (χ3n) is 4.70. The Bertz CT molecular complexity index is 1040. The van der Waals surface area contributed by atoms with Crippen molar-refractivity contribution in [1.29, 1.82) is 0 Å². The summed E-state index contributed by atoms with van der Waals surface area (Å²) in [5, 5.41) is 13.9. The van der Waals surface area contributed by atoms with Crippen molar-refractivity contribution >= 4 is 27.3 Å². The average Bonchev–Trinajstić information content (AvgIpc) is 2.66. The Morgan fingerprint density at radius 2 is 1.83 bits per heavy atom.